The number of hydrogen-bond acceptors (Lipinski definition) is 5. The maximum absolute atomic E-state index is 13.1. The molecule has 156 valence electrons. The molecule has 0 spiro atoms. The van der Waals surface area contributed by atoms with Crippen LogP contribution in [0.2, 0.25) is 4.34 Å². The molecule has 0 aliphatic heterocycles. The lowest BCUT2D eigenvalue weighted by Crippen LogP contribution is -2.12. The SMILES string of the molecule is CCOC(=O)c1cccc(-n2cc(C(=O)Nc3ccccc3)c(-c3ccc(Cl)s3)n2)c1. The maximum Gasteiger partial charge on any atom is 0.338 e. The molecular weight excluding hydrogens is 434 g/mol. The van der Waals surface area contributed by atoms with E-state index in [1.54, 1.807) is 48.1 Å². The Morgan fingerprint density at radius 3 is 2.61 bits per heavy atom. The predicted molar refractivity (Wildman–Crippen MR) is 122 cm³/mol. The van der Waals surface area contributed by atoms with E-state index in [-0.39, 0.29) is 12.5 Å². The number of nitrogens with one attached hydrogen (secondary N) is 1. The fourth-order valence-electron chi connectivity index (χ4n) is 3.01. The standard InChI is InChI=1S/C23H18ClN3O3S/c1-2-30-23(29)15-7-6-10-17(13-15)27-14-18(21(26-27)19-11-12-20(24)31-19)22(28)25-16-8-4-3-5-9-16/h3-14H,2H2,1H3,(H,25,28). The van der Waals surface area contributed by atoms with Crippen LogP contribution in [-0.4, -0.2) is 28.3 Å². The number of rotatable bonds is 6. The lowest BCUT2D eigenvalue weighted by molar-refractivity contribution is 0.0526. The van der Waals surface area contributed by atoms with Crippen LogP contribution in [0.15, 0.2) is 72.9 Å². The molecule has 2 aromatic heterocycles. The fourth-order valence-corrected chi connectivity index (χ4v) is 4.05. The van der Waals surface area contributed by atoms with Crippen LogP contribution in [0.4, 0.5) is 5.69 Å². The van der Waals surface area contributed by atoms with E-state index >= 15 is 0 Å². The molecule has 1 N–H and O–H groups in total. The predicted octanol–water partition coefficient (Wildman–Crippen LogP) is 5.68. The number of thiophene rings is 1. The van der Waals surface area contributed by atoms with Crippen LogP contribution in [0.3, 0.4) is 0 Å². The summed E-state index contributed by atoms with van der Waals surface area (Å²) in [6, 6.07) is 19.7. The molecule has 31 heavy (non-hydrogen) atoms. The Labute approximate surface area is 188 Å². The normalized spacial score (nSPS) is 10.6. The van der Waals surface area contributed by atoms with Gasteiger partial charge in [-0.15, -0.1) is 11.3 Å². The van der Waals surface area contributed by atoms with E-state index in [1.165, 1.54) is 11.3 Å². The molecule has 0 fully saturated rings. The highest BCUT2D eigenvalue weighted by molar-refractivity contribution is 7.19. The van der Waals surface area contributed by atoms with Gasteiger partial charge >= 0.3 is 5.97 Å². The van der Waals surface area contributed by atoms with Gasteiger partial charge < -0.3 is 10.1 Å². The van der Waals surface area contributed by atoms with Crippen molar-refractivity contribution in [1.82, 2.24) is 9.78 Å². The Morgan fingerprint density at radius 1 is 1.10 bits per heavy atom. The van der Waals surface area contributed by atoms with Crippen LogP contribution in [-0.2, 0) is 4.74 Å². The van der Waals surface area contributed by atoms with Crippen molar-refractivity contribution in [3.63, 3.8) is 0 Å². The first-order valence-corrected chi connectivity index (χ1v) is 10.7. The molecule has 8 heteroatoms. The molecular formula is C23H18ClN3O3S. The first kappa shape index (κ1) is 20.8. The fraction of sp³-hybridized carbons (Fsp3) is 0.0870. The van der Waals surface area contributed by atoms with Crippen molar-refractivity contribution in [1.29, 1.82) is 0 Å². The molecule has 4 rings (SSSR count). The number of amides is 1. The van der Waals surface area contributed by atoms with Gasteiger partial charge in [0.25, 0.3) is 5.91 Å². The van der Waals surface area contributed by atoms with Gasteiger partial charge in [-0.2, -0.15) is 5.10 Å². The summed E-state index contributed by atoms with van der Waals surface area (Å²) < 4.78 is 7.25. The van der Waals surface area contributed by atoms with E-state index < -0.39 is 5.97 Å². The van der Waals surface area contributed by atoms with Crippen molar-refractivity contribution in [2.45, 2.75) is 6.92 Å². The summed E-state index contributed by atoms with van der Waals surface area (Å²) in [4.78, 5) is 25.9. The average Bonchev–Trinajstić information content (AvgIpc) is 3.41. The van der Waals surface area contributed by atoms with Gasteiger partial charge in [-0.3, -0.25) is 4.79 Å². The van der Waals surface area contributed by atoms with Crippen molar-refractivity contribution in [2.24, 2.45) is 0 Å². The smallest absolute Gasteiger partial charge is 0.338 e. The van der Waals surface area contributed by atoms with Crippen molar-refractivity contribution in [2.75, 3.05) is 11.9 Å². The topological polar surface area (TPSA) is 73.2 Å². The summed E-state index contributed by atoms with van der Waals surface area (Å²) >= 11 is 7.45. The third kappa shape index (κ3) is 4.68. The minimum Gasteiger partial charge on any atom is -0.462 e. The minimum atomic E-state index is -0.413. The number of nitrogens with zero attached hydrogens (tertiary/aromatic N) is 2. The number of ether oxygens (including phenoxy) is 1. The summed E-state index contributed by atoms with van der Waals surface area (Å²) in [5, 5.41) is 7.52. The van der Waals surface area contributed by atoms with E-state index in [4.69, 9.17) is 16.3 Å². The van der Waals surface area contributed by atoms with Crippen LogP contribution >= 0.6 is 22.9 Å². The summed E-state index contributed by atoms with van der Waals surface area (Å²) in [5.41, 5.74) is 2.62. The zero-order valence-corrected chi connectivity index (χ0v) is 18.1. The lowest BCUT2D eigenvalue weighted by Gasteiger charge is -2.05. The molecule has 4 aromatic rings. The van der Waals surface area contributed by atoms with Crippen molar-refractivity contribution in [3.8, 4) is 16.3 Å². The Bertz CT molecular complexity index is 1230. The molecule has 6 nitrogen and oxygen atoms in total. The highest BCUT2D eigenvalue weighted by Gasteiger charge is 2.20. The van der Waals surface area contributed by atoms with E-state index in [0.717, 1.165) is 4.88 Å². The van der Waals surface area contributed by atoms with E-state index in [2.05, 4.69) is 10.4 Å². The van der Waals surface area contributed by atoms with Crippen LogP contribution in [0, 0.1) is 0 Å². The Kier molecular flexibility index (Phi) is 6.16. The molecule has 0 bridgehead atoms. The third-order valence-corrected chi connectivity index (χ3v) is 5.66. The Balaban J connectivity index is 1.74. The highest BCUT2D eigenvalue weighted by atomic mass is 35.5. The number of esters is 1. The van der Waals surface area contributed by atoms with Crippen molar-refractivity contribution < 1.29 is 14.3 Å². The number of carbonyl (C=O) groups excluding carboxylic acids is 2. The first-order chi connectivity index (χ1) is 15.0. The number of halogens is 1. The Morgan fingerprint density at radius 2 is 1.90 bits per heavy atom. The molecule has 2 aromatic carbocycles. The Hall–Kier alpha value is -3.42. The first-order valence-electron chi connectivity index (χ1n) is 9.54. The van der Waals surface area contributed by atoms with Crippen LogP contribution in [0.1, 0.15) is 27.6 Å². The zero-order valence-electron chi connectivity index (χ0n) is 16.5. The molecule has 0 radical (unpaired) electrons. The second-order valence-electron chi connectivity index (χ2n) is 6.53. The van der Waals surface area contributed by atoms with Gasteiger partial charge in [-0.05, 0) is 49.4 Å². The number of benzene rings is 2. The van der Waals surface area contributed by atoms with Crippen LogP contribution in [0.5, 0.6) is 0 Å². The van der Waals surface area contributed by atoms with Crippen molar-refractivity contribution >= 4 is 40.5 Å². The lowest BCUT2D eigenvalue weighted by atomic mass is 10.2. The third-order valence-electron chi connectivity index (χ3n) is 4.42. The molecule has 0 atom stereocenters. The van der Waals surface area contributed by atoms with Crippen molar-refractivity contribution in [3.05, 3.63) is 88.4 Å². The molecule has 0 saturated heterocycles. The van der Waals surface area contributed by atoms with Gasteiger partial charge in [0.05, 0.1) is 32.6 Å². The summed E-state index contributed by atoms with van der Waals surface area (Å²) in [5.74, 6) is -0.706. The van der Waals surface area contributed by atoms with Gasteiger partial charge in [0.2, 0.25) is 0 Å². The van der Waals surface area contributed by atoms with Gasteiger partial charge in [-0.25, -0.2) is 9.48 Å². The zero-order chi connectivity index (χ0) is 21.8. The summed E-state index contributed by atoms with van der Waals surface area (Å²) in [7, 11) is 0. The number of hydrogen-bond donors (Lipinski definition) is 1. The molecule has 1 amide bonds. The average molecular weight is 452 g/mol. The molecule has 0 unspecified atom stereocenters. The number of aromatic nitrogens is 2. The monoisotopic (exact) mass is 451 g/mol. The largest absolute Gasteiger partial charge is 0.462 e. The molecule has 0 aliphatic carbocycles. The number of carbonyl (C=O) groups is 2. The quantitative estimate of drug-likeness (QED) is 0.382. The van der Waals surface area contributed by atoms with E-state index in [0.29, 0.717) is 32.5 Å². The molecule has 2 heterocycles. The second kappa shape index (κ2) is 9.16. The summed E-state index contributed by atoms with van der Waals surface area (Å²) in [6.45, 7) is 2.04. The number of anilines is 1. The van der Waals surface area contributed by atoms with Crippen LogP contribution in [0.25, 0.3) is 16.3 Å². The van der Waals surface area contributed by atoms with E-state index in [9.17, 15) is 9.59 Å². The number of para-hydroxylation sites is 1. The van der Waals surface area contributed by atoms with Gasteiger partial charge in [0.1, 0.15) is 5.69 Å². The van der Waals surface area contributed by atoms with Gasteiger partial charge in [0, 0.05) is 11.9 Å². The molecule has 0 aliphatic rings. The highest BCUT2D eigenvalue weighted by Crippen LogP contribution is 2.33. The minimum absolute atomic E-state index is 0.290. The second-order valence-corrected chi connectivity index (χ2v) is 8.25. The van der Waals surface area contributed by atoms with Crippen LogP contribution < -0.4 is 5.32 Å². The molecule has 0 saturated carbocycles. The van der Waals surface area contributed by atoms with E-state index in [1.807, 2.05) is 36.4 Å². The summed E-state index contributed by atoms with van der Waals surface area (Å²) in [6.07, 6.45) is 1.64. The maximum atomic E-state index is 13.1. The van der Waals surface area contributed by atoms with Gasteiger partial charge in [0.15, 0.2) is 0 Å². The van der Waals surface area contributed by atoms with Gasteiger partial charge in [-0.1, -0.05) is 35.9 Å².